The maximum atomic E-state index is 13.9. The molecule has 1 aliphatic rings. The van der Waals surface area contributed by atoms with Crippen LogP contribution in [0.1, 0.15) is 37.5 Å². The highest BCUT2D eigenvalue weighted by Gasteiger charge is 2.32. The molecule has 0 amide bonds. The van der Waals surface area contributed by atoms with E-state index in [4.69, 9.17) is 21.1 Å². The first-order chi connectivity index (χ1) is 10.9. The van der Waals surface area contributed by atoms with Crippen molar-refractivity contribution in [1.82, 2.24) is 0 Å². The molecule has 122 valence electrons. The average Bonchev–Trinajstić information content (AvgIpc) is 2.80. The number of rotatable bonds is 4. The van der Waals surface area contributed by atoms with Crippen LogP contribution < -0.4 is 9.47 Å². The summed E-state index contributed by atoms with van der Waals surface area (Å²) < 4.78 is 25.6. The lowest BCUT2D eigenvalue weighted by molar-refractivity contribution is 0.135. The van der Waals surface area contributed by atoms with E-state index in [0.29, 0.717) is 5.02 Å². The minimum Gasteiger partial charge on any atom is -0.487 e. The molecule has 3 rings (SSSR count). The zero-order valence-electron chi connectivity index (χ0n) is 13.6. The Morgan fingerprint density at radius 3 is 2.78 bits per heavy atom. The molecular formula is C19H20ClFO2. The van der Waals surface area contributed by atoms with Gasteiger partial charge in [0.2, 0.25) is 0 Å². The zero-order valence-corrected chi connectivity index (χ0v) is 14.3. The first kappa shape index (κ1) is 16.1. The highest BCUT2D eigenvalue weighted by molar-refractivity contribution is 6.30. The Bertz CT molecular complexity index is 740. The van der Waals surface area contributed by atoms with Gasteiger partial charge in [-0.3, -0.25) is 0 Å². The summed E-state index contributed by atoms with van der Waals surface area (Å²) in [5.74, 6) is 0.712. The van der Waals surface area contributed by atoms with Crippen molar-refractivity contribution in [2.45, 2.75) is 45.8 Å². The van der Waals surface area contributed by atoms with E-state index in [0.717, 1.165) is 35.3 Å². The van der Waals surface area contributed by atoms with Crippen molar-refractivity contribution in [2.75, 3.05) is 0 Å². The summed E-state index contributed by atoms with van der Waals surface area (Å²) >= 11 is 6.20. The van der Waals surface area contributed by atoms with E-state index in [1.807, 2.05) is 32.9 Å². The van der Waals surface area contributed by atoms with Gasteiger partial charge in [-0.25, -0.2) is 4.39 Å². The van der Waals surface area contributed by atoms with Gasteiger partial charge >= 0.3 is 0 Å². The van der Waals surface area contributed by atoms with E-state index in [-0.39, 0.29) is 23.8 Å². The van der Waals surface area contributed by atoms with E-state index < -0.39 is 0 Å². The molecule has 2 nitrogen and oxygen atoms in total. The molecule has 0 fully saturated rings. The Kier molecular flexibility index (Phi) is 4.24. The third-order valence-electron chi connectivity index (χ3n) is 3.99. The minimum absolute atomic E-state index is 0.225. The van der Waals surface area contributed by atoms with Gasteiger partial charge in [0, 0.05) is 17.0 Å². The summed E-state index contributed by atoms with van der Waals surface area (Å²) in [5.41, 5.74) is 2.70. The van der Waals surface area contributed by atoms with Gasteiger partial charge < -0.3 is 9.47 Å². The van der Waals surface area contributed by atoms with Crippen LogP contribution in [0.2, 0.25) is 5.02 Å². The lowest BCUT2D eigenvalue weighted by Gasteiger charge is -2.18. The van der Waals surface area contributed by atoms with Crippen molar-refractivity contribution in [1.29, 1.82) is 0 Å². The van der Waals surface area contributed by atoms with E-state index in [1.54, 1.807) is 12.1 Å². The fourth-order valence-electron chi connectivity index (χ4n) is 2.89. The molecule has 0 spiro atoms. The van der Waals surface area contributed by atoms with Crippen LogP contribution in [0.15, 0.2) is 30.3 Å². The second kappa shape index (κ2) is 6.04. The molecular weight excluding hydrogens is 315 g/mol. The molecule has 2 aromatic carbocycles. The predicted octanol–water partition coefficient (Wildman–Crippen LogP) is 5.33. The molecule has 0 aliphatic carbocycles. The fourth-order valence-corrected chi connectivity index (χ4v) is 3.15. The molecule has 4 heteroatoms. The summed E-state index contributed by atoms with van der Waals surface area (Å²) in [5, 5.41) is 0.645. The van der Waals surface area contributed by atoms with Crippen LogP contribution in [0.5, 0.6) is 11.5 Å². The quantitative estimate of drug-likeness (QED) is 0.752. The summed E-state index contributed by atoms with van der Waals surface area (Å²) in [6.45, 7) is 6.33. The Hall–Kier alpha value is -1.74. The van der Waals surface area contributed by atoms with Gasteiger partial charge in [0.25, 0.3) is 0 Å². The Balaban J connectivity index is 1.85. The first-order valence-electron chi connectivity index (χ1n) is 7.79. The molecule has 1 heterocycles. The molecule has 0 atom stereocenters. The van der Waals surface area contributed by atoms with Crippen LogP contribution in [-0.4, -0.2) is 5.60 Å². The monoisotopic (exact) mass is 334 g/mol. The lowest BCUT2D eigenvalue weighted by Crippen LogP contribution is -2.25. The third-order valence-corrected chi connectivity index (χ3v) is 4.21. The second-order valence-corrected chi connectivity index (χ2v) is 6.94. The molecule has 0 bridgehead atoms. The second-order valence-electron chi connectivity index (χ2n) is 6.50. The van der Waals surface area contributed by atoms with Crippen LogP contribution >= 0.6 is 11.6 Å². The van der Waals surface area contributed by atoms with Crippen molar-refractivity contribution in [3.8, 4) is 11.5 Å². The summed E-state index contributed by atoms with van der Waals surface area (Å²) in [6, 6.07) is 8.70. The molecule has 1 aliphatic heterocycles. The van der Waals surface area contributed by atoms with Crippen molar-refractivity contribution in [3.63, 3.8) is 0 Å². The van der Waals surface area contributed by atoms with Crippen molar-refractivity contribution in [2.24, 2.45) is 0 Å². The minimum atomic E-state index is -0.359. The number of fused-ring (bicyclic) bond motifs is 1. The maximum absolute atomic E-state index is 13.9. The van der Waals surface area contributed by atoms with Gasteiger partial charge in [-0.15, -0.1) is 0 Å². The molecule has 23 heavy (non-hydrogen) atoms. The number of aryl methyl sites for hydroxylation is 1. The fraction of sp³-hybridized carbons (Fsp3) is 0.368. The highest BCUT2D eigenvalue weighted by atomic mass is 35.5. The predicted molar refractivity (Wildman–Crippen MR) is 90.0 cm³/mol. The molecule has 0 unspecified atom stereocenters. The first-order valence-corrected chi connectivity index (χ1v) is 8.17. The molecule has 0 aromatic heterocycles. The number of hydrogen-bond acceptors (Lipinski definition) is 2. The van der Waals surface area contributed by atoms with E-state index in [1.165, 1.54) is 6.07 Å². The van der Waals surface area contributed by atoms with Crippen molar-refractivity contribution >= 4 is 11.6 Å². The van der Waals surface area contributed by atoms with Crippen LogP contribution in [0.4, 0.5) is 4.39 Å². The van der Waals surface area contributed by atoms with Crippen LogP contribution in [0.25, 0.3) is 0 Å². The maximum Gasteiger partial charge on any atom is 0.165 e. The van der Waals surface area contributed by atoms with Crippen LogP contribution in [0.3, 0.4) is 0 Å². The summed E-state index contributed by atoms with van der Waals surface area (Å²) in [4.78, 5) is 0. The molecule has 0 N–H and O–H groups in total. The standard InChI is InChI=1S/C19H20ClFO2/c1-4-12-5-6-16(21)17(7-12)22-11-14-9-15(20)8-13-10-19(2,3)23-18(13)14/h5-9H,4,10-11H2,1-3H3. The van der Waals surface area contributed by atoms with Crippen LogP contribution in [-0.2, 0) is 19.4 Å². The van der Waals surface area contributed by atoms with E-state index in [2.05, 4.69) is 0 Å². The van der Waals surface area contributed by atoms with Crippen LogP contribution in [0, 0.1) is 5.82 Å². The number of hydrogen-bond donors (Lipinski definition) is 0. The van der Waals surface area contributed by atoms with Crippen molar-refractivity contribution < 1.29 is 13.9 Å². The Morgan fingerprint density at radius 2 is 2.04 bits per heavy atom. The van der Waals surface area contributed by atoms with Crippen molar-refractivity contribution in [3.05, 3.63) is 57.9 Å². The Morgan fingerprint density at radius 1 is 1.26 bits per heavy atom. The Labute approximate surface area is 141 Å². The molecule has 0 saturated carbocycles. The number of halogens is 2. The lowest BCUT2D eigenvalue weighted by atomic mass is 10.0. The zero-order chi connectivity index (χ0) is 16.6. The van der Waals surface area contributed by atoms with E-state index >= 15 is 0 Å². The van der Waals surface area contributed by atoms with Gasteiger partial charge in [-0.05, 0) is 55.7 Å². The largest absolute Gasteiger partial charge is 0.487 e. The third kappa shape index (κ3) is 3.45. The highest BCUT2D eigenvalue weighted by Crippen LogP contribution is 2.40. The molecule has 0 radical (unpaired) electrons. The SMILES string of the molecule is CCc1ccc(F)c(OCc2cc(Cl)cc3c2OC(C)(C)C3)c1. The topological polar surface area (TPSA) is 18.5 Å². The van der Waals surface area contributed by atoms with Gasteiger partial charge in [-0.2, -0.15) is 0 Å². The normalized spacial score (nSPS) is 15.2. The number of ether oxygens (including phenoxy) is 2. The van der Waals surface area contributed by atoms with Gasteiger partial charge in [-0.1, -0.05) is 24.6 Å². The smallest absolute Gasteiger partial charge is 0.165 e. The summed E-state index contributed by atoms with van der Waals surface area (Å²) in [7, 11) is 0. The number of benzene rings is 2. The summed E-state index contributed by atoms with van der Waals surface area (Å²) in [6.07, 6.45) is 1.63. The van der Waals surface area contributed by atoms with Gasteiger partial charge in [0.1, 0.15) is 18.0 Å². The molecule has 0 saturated heterocycles. The van der Waals surface area contributed by atoms with E-state index in [9.17, 15) is 4.39 Å². The van der Waals surface area contributed by atoms with Gasteiger partial charge in [0.05, 0.1) is 0 Å². The van der Waals surface area contributed by atoms with Gasteiger partial charge in [0.15, 0.2) is 11.6 Å². The molecule has 2 aromatic rings. The average molecular weight is 335 g/mol.